The maximum atomic E-state index is 6.65. The highest BCUT2D eigenvalue weighted by molar-refractivity contribution is 5.95. The molecule has 0 spiro atoms. The third-order valence-electron chi connectivity index (χ3n) is 10.4. The van der Waals surface area contributed by atoms with E-state index in [1.165, 1.54) is 16.7 Å². The van der Waals surface area contributed by atoms with Crippen molar-refractivity contribution >= 4 is 10.8 Å². The van der Waals surface area contributed by atoms with Crippen molar-refractivity contribution in [1.82, 2.24) is 9.97 Å². The molecular formula is C47H32N2O2. The molecule has 4 heteroatoms. The first kappa shape index (κ1) is 29.4. The lowest BCUT2D eigenvalue weighted by molar-refractivity contribution is 0.360. The Labute approximate surface area is 296 Å². The molecule has 0 radical (unpaired) electrons. The van der Waals surface area contributed by atoms with Crippen LogP contribution in [0, 0.1) is 0 Å². The molecule has 1 aromatic heterocycles. The standard InChI is InChI=1S/C47H32N2O2/c1-47(2)37-21-9-8-19-36(37)44-38(47)23-25-42-45(44)51-41-24-22-32(27-43(41)50-42)31-16-10-17-33(26-31)40-28-39(30-13-4-3-5-14-30)48-46(49-40)35-20-11-15-29-12-6-7-18-34(29)35/h3-28H,1-2H3. The summed E-state index contributed by atoms with van der Waals surface area (Å²) in [4.78, 5) is 10.3. The smallest absolute Gasteiger partial charge is 0.178 e. The second-order valence-electron chi connectivity index (χ2n) is 13.8. The molecule has 2 aliphatic rings. The van der Waals surface area contributed by atoms with Crippen molar-refractivity contribution in [2.75, 3.05) is 0 Å². The molecule has 10 rings (SSSR count). The van der Waals surface area contributed by atoms with Gasteiger partial charge in [0.25, 0.3) is 0 Å². The Balaban J connectivity index is 1.04. The fourth-order valence-corrected chi connectivity index (χ4v) is 7.76. The molecule has 1 aliphatic carbocycles. The second-order valence-corrected chi connectivity index (χ2v) is 13.8. The van der Waals surface area contributed by atoms with Crippen LogP contribution in [-0.4, -0.2) is 9.97 Å². The van der Waals surface area contributed by atoms with Gasteiger partial charge in [-0.3, -0.25) is 0 Å². The van der Waals surface area contributed by atoms with E-state index >= 15 is 0 Å². The zero-order valence-corrected chi connectivity index (χ0v) is 28.2. The fraction of sp³-hybridized carbons (Fsp3) is 0.0638. The lowest BCUT2D eigenvalue weighted by Gasteiger charge is -2.25. The number of nitrogens with zero attached hydrogens (tertiary/aromatic N) is 2. The van der Waals surface area contributed by atoms with Crippen LogP contribution in [0.15, 0.2) is 158 Å². The van der Waals surface area contributed by atoms with Crippen LogP contribution in [0.1, 0.15) is 25.0 Å². The van der Waals surface area contributed by atoms with E-state index in [4.69, 9.17) is 19.4 Å². The van der Waals surface area contributed by atoms with E-state index < -0.39 is 0 Å². The third-order valence-corrected chi connectivity index (χ3v) is 10.4. The highest BCUT2D eigenvalue weighted by atomic mass is 16.6. The molecule has 0 fully saturated rings. The first-order valence-corrected chi connectivity index (χ1v) is 17.3. The van der Waals surface area contributed by atoms with Gasteiger partial charge in [-0.05, 0) is 68.9 Å². The molecule has 0 bridgehead atoms. The van der Waals surface area contributed by atoms with Crippen molar-refractivity contribution in [3.63, 3.8) is 0 Å². The molecule has 7 aromatic carbocycles. The van der Waals surface area contributed by atoms with Gasteiger partial charge in [-0.2, -0.15) is 0 Å². The van der Waals surface area contributed by atoms with Crippen molar-refractivity contribution in [2.45, 2.75) is 19.3 Å². The fourth-order valence-electron chi connectivity index (χ4n) is 7.76. The number of hydrogen-bond acceptors (Lipinski definition) is 4. The van der Waals surface area contributed by atoms with Crippen LogP contribution < -0.4 is 9.47 Å². The monoisotopic (exact) mass is 656 g/mol. The van der Waals surface area contributed by atoms with E-state index in [0.29, 0.717) is 17.3 Å². The Morgan fingerprint density at radius 3 is 2.02 bits per heavy atom. The summed E-state index contributed by atoms with van der Waals surface area (Å²) in [7, 11) is 0. The van der Waals surface area contributed by atoms with Gasteiger partial charge in [-0.15, -0.1) is 0 Å². The molecule has 1 aliphatic heterocycles. The predicted octanol–water partition coefficient (Wildman–Crippen LogP) is 12.5. The van der Waals surface area contributed by atoms with Gasteiger partial charge in [0.15, 0.2) is 28.8 Å². The van der Waals surface area contributed by atoms with Crippen LogP contribution in [0.25, 0.3) is 66.9 Å². The second kappa shape index (κ2) is 11.3. The van der Waals surface area contributed by atoms with Crippen LogP contribution >= 0.6 is 0 Å². The van der Waals surface area contributed by atoms with Crippen LogP contribution in [0.2, 0.25) is 0 Å². The lowest BCUT2D eigenvalue weighted by Crippen LogP contribution is -2.15. The Morgan fingerprint density at radius 1 is 0.451 bits per heavy atom. The highest BCUT2D eigenvalue weighted by Crippen LogP contribution is 2.58. The zero-order chi connectivity index (χ0) is 34.1. The summed E-state index contributed by atoms with van der Waals surface area (Å²) in [5.74, 6) is 3.62. The lowest BCUT2D eigenvalue weighted by atomic mass is 9.82. The van der Waals surface area contributed by atoms with Gasteiger partial charge in [-0.1, -0.05) is 141 Å². The first-order chi connectivity index (χ1) is 25.0. The summed E-state index contributed by atoms with van der Waals surface area (Å²) in [6.07, 6.45) is 0. The molecule has 0 saturated heterocycles. The summed E-state index contributed by atoms with van der Waals surface area (Å²) in [5, 5.41) is 2.28. The Hall–Kier alpha value is -6.52. The minimum absolute atomic E-state index is 0.110. The van der Waals surface area contributed by atoms with Gasteiger partial charge in [0, 0.05) is 27.7 Å². The molecule has 0 atom stereocenters. The molecular weight excluding hydrogens is 625 g/mol. The summed E-state index contributed by atoms with van der Waals surface area (Å²) in [6.45, 7) is 4.55. The van der Waals surface area contributed by atoms with Gasteiger partial charge in [0.2, 0.25) is 0 Å². The average molecular weight is 657 g/mol. The van der Waals surface area contributed by atoms with E-state index in [2.05, 4.69) is 141 Å². The average Bonchev–Trinajstić information content (AvgIpc) is 3.43. The van der Waals surface area contributed by atoms with Crippen LogP contribution in [0.5, 0.6) is 23.0 Å². The maximum Gasteiger partial charge on any atom is 0.178 e. The van der Waals surface area contributed by atoms with E-state index in [9.17, 15) is 0 Å². The quantitative estimate of drug-likeness (QED) is 0.189. The van der Waals surface area contributed by atoms with Crippen LogP contribution in [0.4, 0.5) is 0 Å². The predicted molar refractivity (Wildman–Crippen MR) is 205 cm³/mol. The number of hydrogen-bond donors (Lipinski definition) is 0. The van der Waals surface area contributed by atoms with Gasteiger partial charge in [0.05, 0.1) is 11.4 Å². The Morgan fingerprint density at radius 2 is 1.12 bits per heavy atom. The summed E-state index contributed by atoms with van der Waals surface area (Å²) < 4.78 is 13.2. The molecule has 51 heavy (non-hydrogen) atoms. The van der Waals surface area contributed by atoms with Crippen LogP contribution in [-0.2, 0) is 5.41 Å². The largest absolute Gasteiger partial charge is 0.449 e. The minimum Gasteiger partial charge on any atom is -0.449 e. The van der Waals surface area contributed by atoms with E-state index in [0.717, 1.165) is 67.0 Å². The molecule has 8 aromatic rings. The van der Waals surface area contributed by atoms with Crippen LogP contribution in [0.3, 0.4) is 0 Å². The van der Waals surface area contributed by atoms with Crippen molar-refractivity contribution in [3.05, 3.63) is 169 Å². The topological polar surface area (TPSA) is 44.2 Å². The van der Waals surface area contributed by atoms with E-state index in [-0.39, 0.29) is 5.41 Å². The van der Waals surface area contributed by atoms with Crippen molar-refractivity contribution in [1.29, 1.82) is 0 Å². The maximum absolute atomic E-state index is 6.65. The van der Waals surface area contributed by atoms with Crippen molar-refractivity contribution in [3.8, 4) is 79.2 Å². The number of rotatable bonds is 4. The van der Waals surface area contributed by atoms with Crippen molar-refractivity contribution in [2.24, 2.45) is 0 Å². The summed E-state index contributed by atoms with van der Waals surface area (Å²) in [6, 6.07) is 54.6. The van der Waals surface area contributed by atoms with Crippen molar-refractivity contribution < 1.29 is 9.47 Å². The van der Waals surface area contributed by atoms with Gasteiger partial charge < -0.3 is 9.47 Å². The Bertz CT molecular complexity index is 2670. The number of ether oxygens (including phenoxy) is 2. The molecule has 2 heterocycles. The minimum atomic E-state index is -0.110. The molecule has 0 N–H and O–H groups in total. The first-order valence-electron chi connectivity index (χ1n) is 17.3. The molecule has 0 amide bonds. The SMILES string of the molecule is CC1(C)c2ccccc2-c2c1ccc1c2Oc2ccc(-c3cccc(-c4cc(-c5ccccc5)nc(-c5cccc6ccccc56)n4)c3)cc2O1. The number of fused-ring (bicyclic) bond motifs is 7. The molecule has 242 valence electrons. The number of benzene rings is 7. The van der Waals surface area contributed by atoms with E-state index in [1.54, 1.807) is 0 Å². The summed E-state index contributed by atoms with van der Waals surface area (Å²) >= 11 is 0. The Kier molecular flexibility index (Phi) is 6.49. The van der Waals surface area contributed by atoms with Gasteiger partial charge >= 0.3 is 0 Å². The number of aromatic nitrogens is 2. The van der Waals surface area contributed by atoms with E-state index in [1.807, 2.05) is 30.3 Å². The normalized spacial score (nSPS) is 13.4. The van der Waals surface area contributed by atoms with Gasteiger partial charge in [0.1, 0.15) is 0 Å². The highest BCUT2D eigenvalue weighted by Gasteiger charge is 2.39. The summed E-state index contributed by atoms with van der Waals surface area (Å²) in [5.41, 5.74) is 11.7. The molecule has 4 nitrogen and oxygen atoms in total. The molecule has 0 unspecified atom stereocenters. The van der Waals surface area contributed by atoms with Gasteiger partial charge in [-0.25, -0.2) is 9.97 Å². The molecule has 0 saturated carbocycles. The zero-order valence-electron chi connectivity index (χ0n) is 28.2. The third kappa shape index (κ3) is 4.75.